The monoisotopic (exact) mass is 438 g/mol. The first kappa shape index (κ1) is 19.4. The molecule has 1 saturated heterocycles. The summed E-state index contributed by atoms with van der Waals surface area (Å²) in [7, 11) is -3.58. The Morgan fingerprint density at radius 3 is 2.39 bits per heavy atom. The van der Waals surface area contributed by atoms with Crippen molar-refractivity contribution in [1.82, 2.24) is 14.4 Å². The Morgan fingerprint density at radius 1 is 1.11 bits per heavy atom. The molecule has 1 aromatic carbocycles. The van der Waals surface area contributed by atoms with Crippen LogP contribution >= 0.6 is 22.9 Å². The van der Waals surface area contributed by atoms with Crippen LogP contribution in [0, 0.1) is 13.8 Å². The van der Waals surface area contributed by atoms with E-state index in [0.29, 0.717) is 52.7 Å². The van der Waals surface area contributed by atoms with Crippen molar-refractivity contribution in [3.05, 3.63) is 46.1 Å². The highest BCUT2D eigenvalue weighted by Gasteiger charge is 2.31. The van der Waals surface area contributed by atoms with Gasteiger partial charge in [0.25, 0.3) is 0 Å². The van der Waals surface area contributed by atoms with Crippen LogP contribution in [0.4, 0.5) is 5.69 Å². The summed E-state index contributed by atoms with van der Waals surface area (Å²) >= 11 is 7.30. The van der Waals surface area contributed by atoms with Gasteiger partial charge in [-0.05, 0) is 37.3 Å². The van der Waals surface area contributed by atoms with Gasteiger partial charge in [0.1, 0.15) is 0 Å². The lowest BCUT2D eigenvalue weighted by atomic mass is 10.2. The van der Waals surface area contributed by atoms with E-state index in [1.54, 1.807) is 24.2 Å². The Morgan fingerprint density at radius 2 is 1.79 bits per heavy atom. The molecule has 0 saturated carbocycles. The van der Waals surface area contributed by atoms with E-state index >= 15 is 0 Å². The molecule has 148 valence electrons. The van der Waals surface area contributed by atoms with E-state index in [4.69, 9.17) is 16.1 Å². The molecule has 4 rings (SSSR count). The molecule has 28 heavy (non-hydrogen) atoms. The SMILES string of the molecule is Cc1nc(-c2cc(S(=O)(=O)N3CCN(c4ccc(Cl)cc4)CC3)c(C)s2)no1. The van der Waals surface area contributed by atoms with E-state index in [1.165, 1.54) is 11.3 Å². The molecule has 0 bridgehead atoms. The molecular formula is C18H19ClN4O3S2. The van der Waals surface area contributed by atoms with Crippen molar-refractivity contribution >= 4 is 38.6 Å². The predicted molar refractivity (Wildman–Crippen MR) is 110 cm³/mol. The van der Waals surface area contributed by atoms with Gasteiger partial charge >= 0.3 is 0 Å². The average Bonchev–Trinajstić information content (AvgIpc) is 3.28. The lowest BCUT2D eigenvalue weighted by Gasteiger charge is -2.35. The first-order valence-corrected chi connectivity index (χ1v) is 11.4. The van der Waals surface area contributed by atoms with Crippen LogP contribution in [-0.4, -0.2) is 49.0 Å². The molecule has 0 atom stereocenters. The number of benzene rings is 1. The standard InChI is InChI=1S/C18H19ClN4O3S2/c1-12-17(11-16(27-12)18-20-13(2)26-21-18)28(24,25)23-9-7-22(8-10-23)15-5-3-14(19)4-6-15/h3-6,11H,7-10H2,1-2H3. The smallest absolute Gasteiger partial charge is 0.244 e. The lowest BCUT2D eigenvalue weighted by Crippen LogP contribution is -2.48. The third-order valence-corrected chi connectivity index (χ3v) is 8.12. The Hall–Kier alpha value is -1.94. The number of thiophene rings is 1. The Bertz CT molecular complexity index is 1080. The molecule has 2 aromatic heterocycles. The largest absolute Gasteiger partial charge is 0.369 e. The van der Waals surface area contributed by atoms with Crippen LogP contribution in [-0.2, 0) is 10.0 Å². The second-order valence-corrected chi connectivity index (χ2v) is 10.1. The number of anilines is 1. The maximum Gasteiger partial charge on any atom is 0.244 e. The van der Waals surface area contributed by atoms with Crippen molar-refractivity contribution in [3.63, 3.8) is 0 Å². The van der Waals surface area contributed by atoms with Crippen LogP contribution in [0.25, 0.3) is 10.7 Å². The molecule has 0 spiro atoms. The summed E-state index contributed by atoms with van der Waals surface area (Å²) < 4.78 is 32.9. The second-order valence-electron chi connectivity index (χ2n) is 6.54. The molecule has 0 aliphatic carbocycles. The summed E-state index contributed by atoms with van der Waals surface area (Å²) in [5.74, 6) is 0.864. The van der Waals surface area contributed by atoms with Gasteiger partial charge in [0.05, 0.1) is 9.77 Å². The number of aryl methyl sites for hydroxylation is 2. The number of aromatic nitrogens is 2. The fourth-order valence-electron chi connectivity index (χ4n) is 3.21. The van der Waals surface area contributed by atoms with E-state index < -0.39 is 10.0 Å². The summed E-state index contributed by atoms with van der Waals surface area (Å²) in [4.78, 5) is 8.07. The number of hydrogen-bond acceptors (Lipinski definition) is 7. The van der Waals surface area contributed by atoms with Gasteiger partial charge in [-0.25, -0.2) is 8.42 Å². The Kier molecular flexibility index (Phi) is 5.17. The van der Waals surface area contributed by atoms with Crippen molar-refractivity contribution in [1.29, 1.82) is 0 Å². The maximum atomic E-state index is 13.2. The molecule has 0 N–H and O–H groups in total. The molecule has 1 aliphatic heterocycles. The van der Waals surface area contributed by atoms with Gasteiger partial charge < -0.3 is 9.42 Å². The van der Waals surface area contributed by atoms with Crippen molar-refractivity contribution in [2.45, 2.75) is 18.7 Å². The quantitative estimate of drug-likeness (QED) is 0.619. The van der Waals surface area contributed by atoms with Crippen LogP contribution in [0.1, 0.15) is 10.8 Å². The fourth-order valence-corrected chi connectivity index (χ4v) is 6.24. The van der Waals surface area contributed by atoms with Crippen LogP contribution in [0.15, 0.2) is 39.8 Å². The number of nitrogens with zero attached hydrogens (tertiary/aromatic N) is 4. The van der Waals surface area contributed by atoms with E-state index in [9.17, 15) is 8.42 Å². The third-order valence-electron chi connectivity index (χ3n) is 4.67. The maximum absolute atomic E-state index is 13.2. The van der Waals surface area contributed by atoms with Crippen molar-refractivity contribution in [2.75, 3.05) is 31.1 Å². The zero-order valence-electron chi connectivity index (χ0n) is 15.4. The minimum atomic E-state index is -3.58. The Labute approximate surface area is 172 Å². The highest BCUT2D eigenvalue weighted by atomic mass is 35.5. The van der Waals surface area contributed by atoms with Gasteiger partial charge in [0.2, 0.25) is 21.7 Å². The van der Waals surface area contributed by atoms with E-state index in [0.717, 1.165) is 10.6 Å². The predicted octanol–water partition coefficient (Wildman–Crippen LogP) is 3.58. The molecule has 0 amide bonds. The van der Waals surface area contributed by atoms with Crippen LogP contribution in [0.2, 0.25) is 5.02 Å². The lowest BCUT2D eigenvalue weighted by molar-refractivity contribution is 0.385. The summed E-state index contributed by atoms with van der Waals surface area (Å²) in [5, 5.41) is 4.57. The van der Waals surface area contributed by atoms with Crippen LogP contribution < -0.4 is 4.90 Å². The van der Waals surface area contributed by atoms with Crippen molar-refractivity contribution < 1.29 is 12.9 Å². The number of hydrogen-bond donors (Lipinski definition) is 0. The van der Waals surface area contributed by atoms with E-state index in [-0.39, 0.29) is 0 Å². The highest BCUT2D eigenvalue weighted by molar-refractivity contribution is 7.89. The molecule has 1 aliphatic rings. The molecule has 1 fully saturated rings. The minimum absolute atomic E-state index is 0.315. The molecule has 10 heteroatoms. The molecule has 3 heterocycles. The molecular weight excluding hydrogens is 420 g/mol. The van der Waals surface area contributed by atoms with Crippen molar-refractivity contribution in [2.24, 2.45) is 0 Å². The van der Waals surface area contributed by atoms with Gasteiger partial charge in [-0.2, -0.15) is 9.29 Å². The van der Waals surface area contributed by atoms with Crippen LogP contribution in [0.3, 0.4) is 0 Å². The first-order chi connectivity index (χ1) is 13.3. The summed E-state index contributed by atoms with van der Waals surface area (Å²) in [5.41, 5.74) is 1.04. The van der Waals surface area contributed by atoms with Crippen LogP contribution in [0.5, 0.6) is 0 Å². The van der Waals surface area contributed by atoms with E-state index in [2.05, 4.69) is 15.0 Å². The van der Waals surface area contributed by atoms with Gasteiger partial charge in [0.15, 0.2) is 0 Å². The normalized spacial score (nSPS) is 15.9. The second kappa shape index (κ2) is 7.47. The summed E-state index contributed by atoms with van der Waals surface area (Å²) in [6.45, 7) is 5.61. The fraction of sp³-hybridized carbons (Fsp3) is 0.333. The topological polar surface area (TPSA) is 79.5 Å². The van der Waals surface area contributed by atoms with Gasteiger partial charge in [-0.15, -0.1) is 11.3 Å². The summed E-state index contributed by atoms with van der Waals surface area (Å²) in [6.07, 6.45) is 0. The number of rotatable bonds is 4. The molecule has 3 aromatic rings. The number of sulfonamides is 1. The van der Waals surface area contributed by atoms with Gasteiger partial charge in [-0.3, -0.25) is 0 Å². The van der Waals surface area contributed by atoms with Crippen molar-refractivity contribution in [3.8, 4) is 10.7 Å². The first-order valence-electron chi connectivity index (χ1n) is 8.76. The third kappa shape index (κ3) is 3.67. The minimum Gasteiger partial charge on any atom is -0.369 e. The molecule has 0 unspecified atom stereocenters. The van der Waals surface area contributed by atoms with Gasteiger partial charge in [0, 0.05) is 48.7 Å². The molecule has 0 radical (unpaired) electrons. The zero-order valence-corrected chi connectivity index (χ0v) is 17.8. The number of piperazine rings is 1. The van der Waals surface area contributed by atoms with Gasteiger partial charge in [-0.1, -0.05) is 16.8 Å². The van der Waals surface area contributed by atoms with E-state index in [1.807, 2.05) is 24.3 Å². The Balaban J connectivity index is 1.52. The zero-order chi connectivity index (χ0) is 19.9. The summed E-state index contributed by atoms with van der Waals surface area (Å²) in [6, 6.07) is 9.24. The molecule has 7 nitrogen and oxygen atoms in total. The average molecular weight is 439 g/mol. The highest BCUT2D eigenvalue weighted by Crippen LogP contribution is 2.34. The number of halogens is 1.